The van der Waals surface area contributed by atoms with Crippen molar-refractivity contribution in [2.75, 3.05) is 25.4 Å². The molecule has 3 nitrogen and oxygen atoms in total. The Bertz CT molecular complexity index is 579. The SMILES string of the molecule is CCC1CN(C(=O)c2ccc(C#CCN)c(F)c2)CCS1. The first-order valence-corrected chi connectivity index (χ1v) is 8.10. The van der Waals surface area contributed by atoms with Crippen LogP contribution >= 0.6 is 11.8 Å². The Morgan fingerprint density at radius 1 is 1.57 bits per heavy atom. The van der Waals surface area contributed by atoms with E-state index >= 15 is 0 Å². The zero-order valence-corrected chi connectivity index (χ0v) is 12.9. The molecule has 1 atom stereocenters. The molecule has 0 radical (unpaired) electrons. The largest absolute Gasteiger partial charge is 0.337 e. The molecule has 0 bridgehead atoms. The standard InChI is InChI=1S/C16H19FN2OS/c1-2-14-11-19(8-9-21-14)16(20)13-6-5-12(4-3-7-18)15(17)10-13/h5-6,10,14H,2,7-9,11,18H2,1H3. The Balaban J connectivity index is 2.14. The van der Waals surface area contributed by atoms with Crippen LogP contribution in [0.15, 0.2) is 18.2 Å². The van der Waals surface area contributed by atoms with E-state index in [4.69, 9.17) is 5.73 Å². The Hall–Kier alpha value is -1.51. The first-order chi connectivity index (χ1) is 10.2. The lowest BCUT2D eigenvalue weighted by Gasteiger charge is -2.32. The van der Waals surface area contributed by atoms with Crippen molar-refractivity contribution < 1.29 is 9.18 Å². The summed E-state index contributed by atoms with van der Waals surface area (Å²) in [7, 11) is 0. The molecular formula is C16H19FN2OS. The molecule has 0 aliphatic carbocycles. The summed E-state index contributed by atoms with van der Waals surface area (Å²) < 4.78 is 13.9. The lowest BCUT2D eigenvalue weighted by molar-refractivity contribution is 0.0760. The Labute approximate surface area is 129 Å². The highest BCUT2D eigenvalue weighted by molar-refractivity contribution is 8.00. The van der Waals surface area contributed by atoms with E-state index < -0.39 is 5.82 Å². The molecule has 1 aliphatic rings. The second-order valence-electron chi connectivity index (χ2n) is 4.85. The zero-order valence-electron chi connectivity index (χ0n) is 12.1. The molecule has 1 unspecified atom stereocenters. The first-order valence-electron chi connectivity index (χ1n) is 7.05. The van der Waals surface area contributed by atoms with E-state index in [2.05, 4.69) is 18.8 Å². The second kappa shape index (κ2) is 7.48. The maximum absolute atomic E-state index is 13.9. The van der Waals surface area contributed by atoms with Crippen molar-refractivity contribution in [2.45, 2.75) is 18.6 Å². The third-order valence-corrected chi connectivity index (χ3v) is 4.79. The number of benzene rings is 1. The predicted octanol–water partition coefficient (Wildman–Crippen LogP) is 2.10. The van der Waals surface area contributed by atoms with Crippen molar-refractivity contribution in [1.82, 2.24) is 4.90 Å². The van der Waals surface area contributed by atoms with E-state index in [1.807, 2.05) is 16.7 Å². The molecule has 0 aromatic heterocycles. The number of halogens is 1. The van der Waals surface area contributed by atoms with E-state index in [0.717, 1.165) is 25.3 Å². The van der Waals surface area contributed by atoms with Crippen molar-refractivity contribution in [3.8, 4) is 11.8 Å². The molecule has 21 heavy (non-hydrogen) atoms. The summed E-state index contributed by atoms with van der Waals surface area (Å²) in [5, 5.41) is 0.474. The molecule has 1 fully saturated rings. The number of thioether (sulfide) groups is 1. The second-order valence-corrected chi connectivity index (χ2v) is 6.26. The van der Waals surface area contributed by atoms with Crippen molar-refractivity contribution in [3.63, 3.8) is 0 Å². The van der Waals surface area contributed by atoms with Gasteiger partial charge in [-0.3, -0.25) is 4.79 Å². The van der Waals surface area contributed by atoms with Gasteiger partial charge in [-0.15, -0.1) is 0 Å². The molecule has 112 valence electrons. The lowest BCUT2D eigenvalue weighted by atomic mass is 10.1. The van der Waals surface area contributed by atoms with Crippen LogP contribution in [-0.4, -0.2) is 41.4 Å². The van der Waals surface area contributed by atoms with Gasteiger partial charge in [0.05, 0.1) is 12.1 Å². The average molecular weight is 306 g/mol. The van der Waals surface area contributed by atoms with Gasteiger partial charge in [-0.05, 0) is 24.6 Å². The van der Waals surface area contributed by atoms with Gasteiger partial charge in [0.1, 0.15) is 5.82 Å². The van der Waals surface area contributed by atoms with Crippen molar-refractivity contribution in [2.24, 2.45) is 5.73 Å². The quantitative estimate of drug-likeness (QED) is 0.851. The minimum atomic E-state index is -0.472. The van der Waals surface area contributed by atoms with E-state index in [0.29, 0.717) is 10.8 Å². The topological polar surface area (TPSA) is 46.3 Å². The normalized spacial score (nSPS) is 18.0. The first kappa shape index (κ1) is 15.9. The van der Waals surface area contributed by atoms with Crippen molar-refractivity contribution in [1.29, 1.82) is 0 Å². The molecule has 1 aromatic carbocycles. The van der Waals surface area contributed by atoms with Crippen LogP contribution in [0.4, 0.5) is 4.39 Å². The van der Waals surface area contributed by atoms with Crippen LogP contribution in [0, 0.1) is 17.7 Å². The highest BCUT2D eigenvalue weighted by atomic mass is 32.2. The maximum atomic E-state index is 13.9. The molecule has 2 rings (SSSR count). The number of rotatable bonds is 2. The zero-order chi connectivity index (χ0) is 15.2. The molecular weight excluding hydrogens is 287 g/mol. The summed E-state index contributed by atoms with van der Waals surface area (Å²) in [6.07, 6.45) is 1.04. The highest BCUT2D eigenvalue weighted by Crippen LogP contribution is 2.22. The number of carbonyl (C=O) groups is 1. The van der Waals surface area contributed by atoms with Crippen LogP contribution < -0.4 is 5.73 Å². The molecule has 1 aromatic rings. The number of hydrogen-bond donors (Lipinski definition) is 1. The van der Waals surface area contributed by atoms with Crippen molar-refractivity contribution >= 4 is 17.7 Å². The van der Waals surface area contributed by atoms with Gasteiger partial charge in [-0.25, -0.2) is 4.39 Å². The van der Waals surface area contributed by atoms with Gasteiger partial charge in [0.25, 0.3) is 5.91 Å². The third kappa shape index (κ3) is 3.99. The van der Waals surface area contributed by atoms with Gasteiger partial charge in [0.2, 0.25) is 0 Å². The Morgan fingerprint density at radius 2 is 2.38 bits per heavy atom. The molecule has 5 heteroatoms. The van der Waals surface area contributed by atoms with Crippen molar-refractivity contribution in [3.05, 3.63) is 35.1 Å². The van der Waals surface area contributed by atoms with Gasteiger partial charge in [0.15, 0.2) is 0 Å². The summed E-state index contributed by atoms with van der Waals surface area (Å²) in [5.74, 6) is 5.63. The van der Waals surface area contributed by atoms with Gasteiger partial charge in [0, 0.05) is 29.7 Å². The number of hydrogen-bond acceptors (Lipinski definition) is 3. The number of nitrogens with zero attached hydrogens (tertiary/aromatic N) is 1. The fraction of sp³-hybridized carbons (Fsp3) is 0.438. The highest BCUT2D eigenvalue weighted by Gasteiger charge is 2.24. The Morgan fingerprint density at radius 3 is 3.05 bits per heavy atom. The smallest absolute Gasteiger partial charge is 0.254 e. The Kier molecular flexibility index (Phi) is 5.66. The van der Waals surface area contributed by atoms with E-state index in [1.165, 1.54) is 6.07 Å². The van der Waals surface area contributed by atoms with E-state index in [1.54, 1.807) is 12.1 Å². The average Bonchev–Trinajstić information content (AvgIpc) is 2.53. The number of nitrogens with two attached hydrogens (primary N) is 1. The minimum absolute atomic E-state index is 0.106. The van der Waals surface area contributed by atoms with Gasteiger partial charge in [-0.1, -0.05) is 18.8 Å². The minimum Gasteiger partial charge on any atom is -0.337 e. The maximum Gasteiger partial charge on any atom is 0.254 e. The third-order valence-electron chi connectivity index (χ3n) is 3.42. The summed E-state index contributed by atoms with van der Waals surface area (Å²) in [6.45, 7) is 3.76. The molecule has 1 amide bonds. The van der Waals surface area contributed by atoms with Gasteiger partial charge >= 0.3 is 0 Å². The van der Waals surface area contributed by atoms with Crippen LogP contribution in [0.25, 0.3) is 0 Å². The number of carbonyl (C=O) groups excluding carboxylic acids is 1. The van der Waals surface area contributed by atoms with Crippen LogP contribution in [0.5, 0.6) is 0 Å². The monoisotopic (exact) mass is 306 g/mol. The van der Waals surface area contributed by atoms with E-state index in [-0.39, 0.29) is 18.0 Å². The molecule has 1 aliphatic heterocycles. The van der Waals surface area contributed by atoms with Crippen LogP contribution in [-0.2, 0) is 0 Å². The molecule has 0 saturated carbocycles. The van der Waals surface area contributed by atoms with E-state index in [9.17, 15) is 9.18 Å². The summed E-state index contributed by atoms with van der Waals surface area (Å²) in [4.78, 5) is 14.2. The van der Waals surface area contributed by atoms with Gasteiger partial charge in [-0.2, -0.15) is 11.8 Å². The fourth-order valence-electron chi connectivity index (χ4n) is 2.23. The summed E-state index contributed by atoms with van der Waals surface area (Å²) in [5.41, 5.74) is 5.93. The van der Waals surface area contributed by atoms with Crippen LogP contribution in [0.3, 0.4) is 0 Å². The summed E-state index contributed by atoms with van der Waals surface area (Å²) >= 11 is 1.90. The van der Waals surface area contributed by atoms with Crippen LogP contribution in [0.1, 0.15) is 29.3 Å². The molecule has 1 heterocycles. The van der Waals surface area contributed by atoms with Gasteiger partial charge < -0.3 is 10.6 Å². The molecule has 0 spiro atoms. The fourth-order valence-corrected chi connectivity index (χ4v) is 3.41. The lowest BCUT2D eigenvalue weighted by Crippen LogP contribution is -2.41. The summed E-state index contributed by atoms with van der Waals surface area (Å²) in [6, 6.07) is 4.45. The number of amides is 1. The predicted molar refractivity (Wildman–Crippen MR) is 84.8 cm³/mol. The van der Waals surface area contributed by atoms with Crippen LogP contribution in [0.2, 0.25) is 0 Å². The molecule has 2 N–H and O–H groups in total. The molecule has 1 saturated heterocycles.